The van der Waals surface area contributed by atoms with Crippen molar-refractivity contribution in [1.82, 2.24) is 4.98 Å². The number of Topliss-reactive ketones (excluding diaryl/α,β-unsaturated/α-hetero) is 1. The third-order valence-corrected chi connectivity index (χ3v) is 2.96. The number of hydrogen-bond donors (Lipinski definition) is 0. The van der Waals surface area contributed by atoms with Gasteiger partial charge in [0.05, 0.1) is 6.42 Å². The Bertz CT molecular complexity index is 624. The van der Waals surface area contributed by atoms with Crippen LogP contribution in [0.3, 0.4) is 0 Å². The molecule has 0 fully saturated rings. The zero-order valence-corrected chi connectivity index (χ0v) is 10.0. The molecule has 0 saturated carbocycles. The standard InChI is InChI=1S/C11H11NO4S/c1-17(14,15)7-8(13)6-11-12-9-4-2-3-5-10(9)16-11/h2-5H,6-7H2,1H3. The molecule has 1 heterocycles. The van der Waals surface area contributed by atoms with Crippen LogP contribution >= 0.6 is 0 Å². The molecule has 0 radical (unpaired) electrons. The topological polar surface area (TPSA) is 77.2 Å². The third-order valence-electron chi connectivity index (χ3n) is 2.11. The molecule has 90 valence electrons. The minimum Gasteiger partial charge on any atom is -0.440 e. The van der Waals surface area contributed by atoms with Crippen molar-refractivity contribution in [3.05, 3.63) is 30.2 Å². The number of aromatic nitrogens is 1. The van der Waals surface area contributed by atoms with E-state index in [2.05, 4.69) is 4.98 Å². The quantitative estimate of drug-likeness (QED) is 0.811. The van der Waals surface area contributed by atoms with Crippen molar-refractivity contribution in [3.63, 3.8) is 0 Å². The fraction of sp³-hybridized carbons (Fsp3) is 0.273. The van der Waals surface area contributed by atoms with Gasteiger partial charge in [-0.3, -0.25) is 4.79 Å². The Morgan fingerprint density at radius 3 is 2.71 bits per heavy atom. The number of fused-ring (bicyclic) bond motifs is 1. The summed E-state index contributed by atoms with van der Waals surface area (Å²) in [7, 11) is -3.29. The van der Waals surface area contributed by atoms with Crippen molar-refractivity contribution in [2.24, 2.45) is 0 Å². The lowest BCUT2D eigenvalue weighted by Gasteiger charge is -1.94. The van der Waals surface area contributed by atoms with Crippen molar-refractivity contribution >= 4 is 26.7 Å². The van der Waals surface area contributed by atoms with E-state index in [4.69, 9.17) is 4.42 Å². The first kappa shape index (κ1) is 11.8. The summed E-state index contributed by atoms with van der Waals surface area (Å²) in [4.78, 5) is 15.5. The SMILES string of the molecule is CS(=O)(=O)CC(=O)Cc1nc2ccccc2o1. The Kier molecular flexibility index (Phi) is 2.97. The van der Waals surface area contributed by atoms with Crippen LogP contribution in [0.4, 0.5) is 0 Å². The maximum absolute atomic E-state index is 11.4. The Labute approximate surface area is 98.4 Å². The molecule has 6 heteroatoms. The van der Waals surface area contributed by atoms with Crippen LogP contribution in [0.1, 0.15) is 5.89 Å². The molecule has 0 N–H and O–H groups in total. The molecule has 0 aliphatic carbocycles. The van der Waals surface area contributed by atoms with Gasteiger partial charge >= 0.3 is 0 Å². The lowest BCUT2D eigenvalue weighted by Crippen LogP contribution is -2.16. The molecule has 1 aromatic heterocycles. The number of rotatable bonds is 4. The molecule has 0 spiro atoms. The van der Waals surface area contributed by atoms with Gasteiger partial charge in [0.15, 0.2) is 21.2 Å². The number of benzene rings is 1. The van der Waals surface area contributed by atoms with Crippen LogP contribution in [0.5, 0.6) is 0 Å². The van der Waals surface area contributed by atoms with Gasteiger partial charge in [0, 0.05) is 6.26 Å². The minimum absolute atomic E-state index is 0.0955. The molecule has 17 heavy (non-hydrogen) atoms. The maximum Gasteiger partial charge on any atom is 0.202 e. The molecule has 0 aliphatic heterocycles. The van der Waals surface area contributed by atoms with Crippen molar-refractivity contribution in [2.75, 3.05) is 12.0 Å². The van der Waals surface area contributed by atoms with Gasteiger partial charge in [-0.25, -0.2) is 13.4 Å². The summed E-state index contributed by atoms with van der Waals surface area (Å²) in [5.41, 5.74) is 1.25. The molecule has 0 aliphatic rings. The molecule has 1 aromatic carbocycles. The molecule has 0 amide bonds. The van der Waals surface area contributed by atoms with Crippen LogP contribution in [-0.4, -0.2) is 31.2 Å². The van der Waals surface area contributed by atoms with Gasteiger partial charge in [0.1, 0.15) is 11.3 Å². The number of carbonyl (C=O) groups is 1. The van der Waals surface area contributed by atoms with E-state index in [1.807, 2.05) is 6.07 Å². The predicted octanol–water partition coefficient (Wildman–Crippen LogP) is 0.984. The molecule has 0 atom stereocenters. The summed E-state index contributed by atoms with van der Waals surface area (Å²) >= 11 is 0. The molecule has 0 saturated heterocycles. The smallest absolute Gasteiger partial charge is 0.202 e. The lowest BCUT2D eigenvalue weighted by atomic mass is 10.3. The molecule has 2 aromatic rings. The summed E-state index contributed by atoms with van der Waals surface area (Å²) in [6.07, 6.45) is 0.929. The van der Waals surface area contributed by atoms with E-state index in [0.29, 0.717) is 11.1 Å². The fourth-order valence-corrected chi connectivity index (χ4v) is 2.19. The summed E-state index contributed by atoms with van der Waals surface area (Å²) in [6.45, 7) is 0. The van der Waals surface area contributed by atoms with E-state index in [1.54, 1.807) is 18.2 Å². The number of oxazole rings is 1. The maximum atomic E-state index is 11.4. The van der Waals surface area contributed by atoms with Gasteiger partial charge < -0.3 is 4.42 Å². The van der Waals surface area contributed by atoms with Crippen LogP contribution in [0.2, 0.25) is 0 Å². The number of ketones is 1. The Hall–Kier alpha value is -1.69. The lowest BCUT2D eigenvalue weighted by molar-refractivity contribution is -0.116. The first-order valence-electron chi connectivity index (χ1n) is 4.98. The highest BCUT2D eigenvalue weighted by Crippen LogP contribution is 2.15. The monoisotopic (exact) mass is 253 g/mol. The summed E-state index contributed by atoms with van der Waals surface area (Å²) in [6, 6.07) is 7.12. The third kappa shape index (κ3) is 3.13. The summed E-state index contributed by atoms with van der Waals surface area (Å²) in [5.74, 6) is -0.648. The molecule has 5 nitrogen and oxygen atoms in total. The molecular formula is C11H11NO4S. The van der Waals surface area contributed by atoms with Crippen molar-refractivity contribution in [3.8, 4) is 0 Å². The Balaban J connectivity index is 2.16. The van der Waals surface area contributed by atoms with E-state index < -0.39 is 21.4 Å². The van der Waals surface area contributed by atoms with E-state index in [9.17, 15) is 13.2 Å². The van der Waals surface area contributed by atoms with E-state index in [0.717, 1.165) is 6.26 Å². The van der Waals surface area contributed by atoms with Gasteiger partial charge in [-0.15, -0.1) is 0 Å². The van der Waals surface area contributed by atoms with Crippen LogP contribution in [0.15, 0.2) is 28.7 Å². The van der Waals surface area contributed by atoms with Crippen LogP contribution < -0.4 is 0 Å². The summed E-state index contributed by atoms with van der Waals surface area (Å²) in [5, 5.41) is 0. The van der Waals surface area contributed by atoms with Gasteiger partial charge in [-0.2, -0.15) is 0 Å². The zero-order chi connectivity index (χ0) is 12.5. The number of sulfone groups is 1. The molecule has 2 rings (SSSR count). The minimum atomic E-state index is -3.29. The van der Waals surface area contributed by atoms with Gasteiger partial charge in [-0.1, -0.05) is 12.1 Å². The average Bonchev–Trinajstić information content (AvgIpc) is 2.55. The second-order valence-corrected chi connectivity index (χ2v) is 6.00. The average molecular weight is 253 g/mol. The highest BCUT2D eigenvalue weighted by Gasteiger charge is 2.15. The van der Waals surface area contributed by atoms with E-state index >= 15 is 0 Å². The first-order valence-corrected chi connectivity index (χ1v) is 7.04. The largest absolute Gasteiger partial charge is 0.440 e. The number of carbonyl (C=O) groups excluding carboxylic acids is 1. The second kappa shape index (κ2) is 4.29. The van der Waals surface area contributed by atoms with Crippen molar-refractivity contribution in [2.45, 2.75) is 6.42 Å². The number of hydrogen-bond acceptors (Lipinski definition) is 5. The molecular weight excluding hydrogens is 242 g/mol. The fourth-order valence-electron chi connectivity index (χ4n) is 1.51. The number of nitrogens with zero attached hydrogens (tertiary/aromatic N) is 1. The highest BCUT2D eigenvalue weighted by atomic mass is 32.2. The normalized spacial score (nSPS) is 11.8. The van der Waals surface area contributed by atoms with Crippen LogP contribution in [-0.2, 0) is 21.1 Å². The van der Waals surface area contributed by atoms with Crippen molar-refractivity contribution < 1.29 is 17.6 Å². The first-order chi connectivity index (χ1) is 7.94. The number of para-hydroxylation sites is 2. The predicted molar refractivity (Wildman–Crippen MR) is 62.4 cm³/mol. The van der Waals surface area contributed by atoms with Crippen LogP contribution in [0.25, 0.3) is 11.1 Å². The Morgan fingerprint density at radius 1 is 1.35 bits per heavy atom. The second-order valence-electron chi connectivity index (χ2n) is 3.86. The molecule has 0 unspecified atom stereocenters. The van der Waals surface area contributed by atoms with E-state index in [-0.39, 0.29) is 12.3 Å². The highest BCUT2D eigenvalue weighted by molar-refractivity contribution is 7.91. The van der Waals surface area contributed by atoms with E-state index in [1.165, 1.54) is 0 Å². The van der Waals surface area contributed by atoms with Gasteiger partial charge in [0.25, 0.3) is 0 Å². The Morgan fingerprint density at radius 2 is 2.06 bits per heavy atom. The van der Waals surface area contributed by atoms with Crippen LogP contribution in [0, 0.1) is 0 Å². The molecule has 0 bridgehead atoms. The summed E-state index contributed by atoms with van der Waals surface area (Å²) < 4.78 is 27.2. The van der Waals surface area contributed by atoms with Gasteiger partial charge in [-0.05, 0) is 12.1 Å². The van der Waals surface area contributed by atoms with Crippen molar-refractivity contribution in [1.29, 1.82) is 0 Å². The van der Waals surface area contributed by atoms with Gasteiger partial charge in [0.2, 0.25) is 5.89 Å². The zero-order valence-electron chi connectivity index (χ0n) is 9.21.